The summed E-state index contributed by atoms with van der Waals surface area (Å²) in [5.74, 6) is 1.70. The maximum Gasteiger partial charge on any atom is 0.137 e. The standard InChI is InChI=1S/C15H18ClN3.ClH/c1-12-14(11-16)15(18-9-5-6-10-18)19(17-12)13-7-3-2-4-8-13;/h2-4,7-8H,5-6,9-11H2,1H3;1H. The summed E-state index contributed by atoms with van der Waals surface area (Å²) >= 11 is 6.14. The average molecular weight is 312 g/mol. The molecular weight excluding hydrogens is 293 g/mol. The van der Waals surface area contributed by atoms with Gasteiger partial charge >= 0.3 is 0 Å². The zero-order valence-electron chi connectivity index (χ0n) is 11.6. The molecular formula is C15H19Cl2N3. The van der Waals surface area contributed by atoms with Crippen LogP contribution < -0.4 is 4.90 Å². The molecule has 0 saturated carbocycles. The van der Waals surface area contributed by atoms with Gasteiger partial charge in [0.05, 0.1) is 17.3 Å². The molecule has 3 rings (SSSR count). The zero-order valence-corrected chi connectivity index (χ0v) is 13.1. The Morgan fingerprint density at radius 2 is 1.80 bits per heavy atom. The molecule has 0 aliphatic carbocycles. The lowest BCUT2D eigenvalue weighted by molar-refractivity contribution is 0.814. The van der Waals surface area contributed by atoms with Gasteiger partial charge in [0, 0.05) is 18.7 Å². The van der Waals surface area contributed by atoms with Crippen molar-refractivity contribution in [2.45, 2.75) is 25.6 Å². The van der Waals surface area contributed by atoms with Gasteiger partial charge in [-0.15, -0.1) is 24.0 Å². The molecule has 1 aromatic carbocycles. The van der Waals surface area contributed by atoms with Crippen molar-refractivity contribution in [2.75, 3.05) is 18.0 Å². The van der Waals surface area contributed by atoms with Gasteiger partial charge in [0.1, 0.15) is 5.82 Å². The van der Waals surface area contributed by atoms with Crippen molar-refractivity contribution >= 4 is 29.8 Å². The summed E-state index contributed by atoms with van der Waals surface area (Å²) < 4.78 is 2.04. The normalized spacial score (nSPS) is 14.4. The minimum atomic E-state index is 0. The van der Waals surface area contributed by atoms with Gasteiger partial charge in [-0.3, -0.25) is 0 Å². The van der Waals surface area contributed by atoms with Crippen LogP contribution in [0.15, 0.2) is 30.3 Å². The quantitative estimate of drug-likeness (QED) is 0.800. The summed E-state index contributed by atoms with van der Waals surface area (Å²) in [4.78, 5) is 2.41. The van der Waals surface area contributed by atoms with Crippen molar-refractivity contribution in [1.29, 1.82) is 0 Å². The maximum atomic E-state index is 6.14. The number of hydrogen-bond donors (Lipinski definition) is 0. The van der Waals surface area contributed by atoms with Crippen LogP contribution in [-0.4, -0.2) is 22.9 Å². The van der Waals surface area contributed by atoms with Gasteiger partial charge in [-0.1, -0.05) is 18.2 Å². The fourth-order valence-corrected chi connectivity index (χ4v) is 3.02. The highest BCUT2D eigenvalue weighted by Gasteiger charge is 2.23. The Morgan fingerprint density at radius 3 is 2.40 bits per heavy atom. The van der Waals surface area contributed by atoms with Crippen LogP contribution in [0, 0.1) is 6.92 Å². The van der Waals surface area contributed by atoms with Crippen LogP contribution in [0.3, 0.4) is 0 Å². The average Bonchev–Trinajstić information content (AvgIpc) is 3.06. The Bertz CT molecular complexity index is 560. The molecule has 0 amide bonds. The summed E-state index contributed by atoms with van der Waals surface area (Å²) in [5, 5.41) is 4.69. The molecule has 0 unspecified atom stereocenters. The number of benzene rings is 1. The summed E-state index contributed by atoms with van der Waals surface area (Å²) in [6, 6.07) is 10.3. The highest BCUT2D eigenvalue weighted by Crippen LogP contribution is 2.30. The van der Waals surface area contributed by atoms with Gasteiger partial charge in [0.25, 0.3) is 0 Å². The molecule has 3 nitrogen and oxygen atoms in total. The topological polar surface area (TPSA) is 21.1 Å². The third kappa shape index (κ3) is 2.65. The third-order valence-corrected chi connectivity index (χ3v) is 3.96. The van der Waals surface area contributed by atoms with Gasteiger partial charge in [-0.2, -0.15) is 5.10 Å². The van der Waals surface area contributed by atoms with Crippen molar-refractivity contribution in [3.63, 3.8) is 0 Å². The minimum absolute atomic E-state index is 0. The molecule has 0 atom stereocenters. The molecule has 2 aromatic rings. The number of nitrogens with zero attached hydrogens (tertiary/aromatic N) is 3. The second-order valence-electron chi connectivity index (χ2n) is 4.96. The first-order chi connectivity index (χ1) is 9.31. The monoisotopic (exact) mass is 311 g/mol. The van der Waals surface area contributed by atoms with E-state index in [0.717, 1.165) is 30.0 Å². The molecule has 5 heteroatoms. The lowest BCUT2D eigenvalue weighted by Crippen LogP contribution is -2.22. The molecule has 1 saturated heterocycles. The van der Waals surface area contributed by atoms with E-state index in [9.17, 15) is 0 Å². The molecule has 0 radical (unpaired) electrons. The summed E-state index contributed by atoms with van der Waals surface area (Å²) in [7, 11) is 0. The number of rotatable bonds is 3. The largest absolute Gasteiger partial charge is 0.356 e. The molecule has 1 aliphatic rings. The Labute approximate surface area is 130 Å². The van der Waals surface area contributed by atoms with Gasteiger partial charge in [-0.05, 0) is 31.9 Å². The first kappa shape index (κ1) is 15.2. The van der Waals surface area contributed by atoms with Gasteiger partial charge < -0.3 is 4.90 Å². The van der Waals surface area contributed by atoms with Crippen LogP contribution in [0.4, 0.5) is 5.82 Å². The molecule has 0 spiro atoms. The second-order valence-corrected chi connectivity index (χ2v) is 5.23. The molecule has 0 N–H and O–H groups in total. The lowest BCUT2D eigenvalue weighted by atomic mass is 10.2. The zero-order chi connectivity index (χ0) is 13.2. The lowest BCUT2D eigenvalue weighted by Gasteiger charge is -2.20. The van der Waals surface area contributed by atoms with E-state index in [1.165, 1.54) is 18.7 Å². The van der Waals surface area contributed by atoms with Crippen LogP contribution in [0.2, 0.25) is 0 Å². The predicted octanol–water partition coefficient (Wildman–Crippen LogP) is 3.94. The SMILES string of the molecule is Cc1nn(-c2ccccc2)c(N2CCCC2)c1CCl.Cl. The summed E-state index contributed by atoms with van der Waals surface area (Å²) in [6.07, 6.45) is 2.50. The van der Waals surface area contributed by atoms with Crippen LogP contribution >= 0.6 is 24.0 Å². The van der Waals surface area contributed by atoms with Crippen molar-refractivity contribution < 1.29 is 0 Å². The third-order valence-electron chi connectivity index (χ3n) is 3.70. The maximum absolute atomic E-state index is 6.14. The van der Waals surface area contributed by atoms with E-state index in [1.54, 1.807) is 0 Å². The number of anilines is 1. The Kier molecular flexibility index (Phi) is 4.95. The first-order valence-electron chi connectivity index (χ1n) is 6.76. The summed E-state index contributed by atoms with van der Waals surface area (Å²) in [5.41, 5.74) is 3.29. The highest BCUT2D eigenvalue weighted by atomic mass is 35.5. The Balaban J connectivity index is 0.00000147. The number of hydrogen-bond acceptors (Lipinski definition) is 2. The number of aryl methyl sites for hydroxylation is 1. The Hall–Kier alpha value is -1.19. The van der Waals surface area contributed by atoms with Crippen molar-refractivity contribution in [3.05, 3.63) is 41.6 Å². The second kappa shape index (κ2) is 6.51. The number of halogens is 2. The Morgan fingerprint density at radius 1 is 1.15 bits per heavy atom. The first-order valence-corrected chi connectivity index (χ1v) is 7.29. The van der Waals surface area contributed by atoms with Gasteiger partial charge in [-0.25, -0.2) is 4.68 Å². The van der Waals surface area contributed by atoms with Crippen molar-refractivity contribution in [3.8, 4) is 5.69 Å². The van der Waals surface area contributed by atoms with E-state index in [4.69, 9.17) is 11.6 Å². The van der Waals surface area contributed by atoms with Gasteiger partial charge in [0.15, 0.2) is 0 Å². The number of alkyl halides is 1. The van der Waals surface area contributed by atoms with Crippen molar-refractivity contribution in [2.24, 2.45) is 0 Å². The van der Waals surface area contributed by atoms with E-state index in [0.29, 0.717) is 5.88 Å². The molecule has 20 heavy (non-hydrogen) atoms. The molecule has 1 fully saturated rings. The van der Waals surface area contributed by atoms with Crippen LogP contribution in [-0.2, 0) is 5.88 Å². The van der Waals surface area contributed by atoms with E-state index < -0.39 is 0 Å². The molecule has 0 bridgehead atoms. The van der Waals surface area contributed by atoms with E-state index >= 15 is 0 Å². The minimum Gasteiger partial charge on any atom is -0.356 e. The highest BCUT2D eigenvalue weighted by molar-refractivity contribution is 6.17. The van der Waals surface area contributed by atoms with E-state index in [1.807, 2.05) is 29.8 Å². The van der Waals surface area contributed by atoms with Crippen molar-refractivity contribution in [1.82, 2.24) is 9.78 Å². The van der Waals surface area contributed by atoms with Crippen LogP contribution in [0.1, 0.15) is 24.1 Å². The molecule has 108 valence electrons. The smallest absolute Gasteiger partial charge is 0.137 e. The van der Waals surface area contributed by atoms with Crippen LogP contribution in [0.25, 0.3) is 5.69 Å². The number of aromatic nitrogens is 2. The summed E-state index contributed by atoms with van der Waals surface area (Å²) in [6.45, 7) is 4.24. The fraction of sp³-hybridized carbons (Fsp3) is 0.400. The molecule has 1 aromatic heterocycles. The van der Waals surface area contributed by atoms with E-state index in [2.05, 4.69) is 22.1 Å². The fourth-order valence-electron chi connectivity index (χ4n) is 2.71. The van der Waals surface area contributed by atoms with Crippen LogP contribution in [0.5, 0.6) is 0 Å². The predicted molar refractivity (Wildman–Crippen MR) is 86.6 cm³/mol. The molecule has 1 aliphatic heterocycles. The van der Waals surface area contributed by atoms with E-state index in [-0.39, 0.29) is 12.4 Å². The number of para-hydroxylation sites is 1. The van der Waals surface area contributed by atoms with Gasteiger partial charge in [0.2, 0.25) is 0 Å². The molecule has 2 heterocycles.